The van der Waals surface area contributed by atoms with Crippen LogP contribution >= 0.6 is 0 Å². The minimum Gasteiger partial charge on any atom is -0.332 e. The minimum absolute atomic E-state index is 0.0533. The van der Waals surface area contributed by atoms with Gasteiger partial charge >= 0.3 is 0 Å². The summed E-state index contributed by atoms with van der Waals surface area (Å²) >= 11 is 0. The average molecular weight is 215 g/mol. The average Bonchev–Trinajstić information content (AvgIpc) is 2.45. The van der Waals surface area contributed by atoms with E-state index < -0.39 is 9.84 Å². The van der Waals surface area contributed by atoms with E-state index in [2.05, 4.69) is 0 Å². The molecule has 1 aromatic heterocycles. The molecule has 1 aromatic rings. The molecule has 14 heavy (non-hydrogen) atoms. The summed E-state index contributed by atoms with van der Waals surface area (Å²) in [4.78, 5) is 11.4. The van der Waals surface area contributed by atoms with E-state index in [1.165, 1.54) is 10.6 Å². The van der Waals surface area contributed by atoms with Gasteiger partial charge in [0, 0.05) is 19.7 Å². The molecule has 4 nitrogen and oxygen atoms in total. The van der Waals surface area contributed by atoms with Crippen LogP contribution in [-0.4, -0.2) is 25.0 Å². The van der Waals surface area contributed by atoms with Gasteiger partial charge < -0.3 is 4.57 Å². The first-order valence-electron chi connectivity index (χ1n) is 4.27. The summed E-state index contributed by atoms with van der Waals surface area (Å²) in [6.07, 6.45) is 1.50. The largest absolute Gasteiger partial charge is 0.332 e. The Labute approximate surface area is 83.5 Å². The Balaban J connectivity index is 3.29. The molecular formula is C9H13NO3S. The first-order chi connectivity index (χ1) is 6.38. The molecule has 1 rings (SSSR count). The summed E-state index contributed by atoms with van der Waals surface area (Å²) in [6.45, 7) is 1.75. The van der Waals surface area contributed by atoms with Crippen LogP contribution in [0.25, 0.3) is 0 Å². The van der Waals surface area contributed by atoms with E-state index in [0.717, 1.165) is 6.26 Å². The van der Waals surface area contributed by atoms with Crippen molar-refractivity contribution < 1.29 is 13.2 Å². The lowest BCUT2D eigenvalue weighted by Crippen LogP contribution is -2.10. The maximum atomic E-state index is 11.4. The smallest absolute Gasteiger partial charge is 0.190 e. The van der Waals surface area contributed by atoms with Crippen LogP contribution in [0.15, 0.2) is 17.2 Å². The van der Waals surface area contributed by atoms with Crippen LogP contribution in [0.2, 0.25) is 0 Å². The molecule has 0 saturated heterocycles. The second kappa shape index (κ2) is 3.57. The third-order valence-electron chi connectivity index (χ3n) is 2.06. The highest BCUT2D eigenvalue weighted by atomic mass is 32.2. The first-order valence-corrected chi connectivity index (χ1v) is 6.16. The van der Waals surface area contributed by atoms with Gasteiger partial charge in [-0.05, 0) is 12.1 Å². The molecule has 0 radical (unpaired) electrons. The Morgan fingerprint density at radius 2 is 2.00 bits per heavy atom. The minimum atomic E-state index is -3.24. The van der Waals surface area contributed by atoms with Crippen LogP contribution < -0.4 is 0 Å². The zero-order valence-corrected chi connectivity index (χ0v) is 9.26. The van der Waals surface area contributed by atoms with Crippen LogP contribution in [0, 0.1) is 0 Å². The van der Waals surface area contributed by atoms with Crippen molar-refractivity contribution in [3.63, 3.8) is 0 Å². The molecule has 0 amide bonds. The molecule has 0 saturated carbocycles. The van der Waals surface area contributed by atoms with Crippen molar-refractivity contribution in [3.05, 3.63) is 17.8 Å². The molecule has 0 N–H and O–H groups in total. The first kappa shape index (κ1) is 11.0. The van der Waals surface area contributed by atoms with Gasteiger partial charge in [0.25, 0.3) is 0 Å². The third kappa shape index (κ3) is 1.87. The Morgan fingerprint density at radius 1 is 1.43 bits per heavy atom. The molecule has 0 unspecified atom stereocenters. The van der Waals surface area contributed by atoms with Gasteiger partial charge in [-0.1, -0.05) is 6.92 Å². The number of carbonyl (C=O) groups is 1. The maximum absolute atomic E-state index is 11.4. The normalized spacial score (nSPS) is 11.6. The van der Waals surface area contributed by atoms with Crippen molar-refractivity contribution in [3.8, 4) is 0 Å². The van der Waals surface area contributed by atoms with E-state index in [-0.39, 0.29) is 10.8 Å². The topological polar surface area (TPSA) is 56.1 Å². The molecular weight excluding hydrogens is 202 g/mol. The quantitative estimate of drug-likeness (QED) is 0.707. The number of aromatic nitrogens is 1. The van der Waals surface area contributed by atoms with E-state index >= 15 is 0 Å². The number of Topliss-reactive ketones (excluding diaryl/α,β-unsaturated/α-hetero) is 1. The van der Waals surface area contributed by atoms with Gasteiger partial charge in [-0.3, -0.25) is 4.79 Å². The molecule has 0 fully saturated rings. The number of hydrogen-bond acceptors (Lipinski definition) is 3. The van der Waals surface area contributed by atoms with Crippen LogP contribution in [0.4, 0.5) is 0 Å². The monoisotopic (exact) mass is 215 g/mol. The highest BCUT2D eigenvalue weighted by Gasteiger charge is 2.16. The van der Waals surface area contributed by atoms with Gasteiger partial charge in [-0.2, -0.15) is 0 Å². The summed E-state index contributed by atoms with van der Waals surface area (Å²) in [6, 6.07) is 3.00. The van der Waals surface area contributed by atoms with Crippen LogP contribution in [0.1, 0.15) is 23.8 Å². The Bertz CT molecular complexity index is 456. The number of rotatable bonds is 3. The molecule has 0 aromatic carbocycles. The molecule has 1 heterocycles. The SMILES string of the molecule is CCC(=O)c1ccc(S(C)(=O)=O)n1C. The molecule has 5 heteroatoms. The number of carbonyl (C=O) groups excluding carboxylic acids is 1. The summed E-state index contributed by atoms with van der Waals surface area (Å²) in [7, 11) is -1.66. The van der Waals surface area contributed by atoms with Gasteiger partial charge in [-0.15, -0.1) is 0 Å². The van der Waals surface area contributed by atoms with E-state index in [4.69, 9.17) is 0 Å². The summed E-state index contributed by atoms with van der Waals surface area (Å²) in [5.74, 6) is -0.0533. The van der Waals surface area contributed by atoms with Gasteiger partial charge in [0.2, 0.25) is 0 Å². The Kier molecular flexibility index (Phi) is 2.80. The van der Waals surface area contributed by atoms with Crippen LogP contribution in [0.3, 0.4) is 0 Å². The standard InChI is InChI=1S/C9H13NO3S/c1-4-8(11)7-5-6-9(10(7)2)14(3,12)13/h5-6H,4H2,1-3H3. The van der Waals surface area contributed by atoms with Crippen LogP contribution in [-0.2, 0) is 16.9 Å². The second-order valence-corrected chi connectivity index (χ2v) is 5.13. The zero-order valence-electron chi connectivity index (χ0n) is 8.44. The fraction of sp³-hybridized carbons (Fsp3) is 0.444. The van der Waals surface area contributed by atoms with Crippen molar-refractivity contribution in [1.29, 1.82) is 0 Å². The van der Waals surface area contributed by atoms with Crippen LogP contribution in [0.5, 0.6) is 0 Å². The van der Waals surface area contributed by atoms with E-state index in [0.29, 0.717) is 12.1 Å². The highest BCUT2D eigenvalue weighted by Crippen LogP contribution is 2.14. The fourth-order valence-electron chi connectivity index (χ4n) is 1.33. The zero-order chi connectivity index (χ0) is 10.9. The number of sulfone groups is 1. The maximum Gasteiger partial charge on any atom is 0.190 e. The second-order valence-electron chi connectivity index (χ2n) is 3.16. The summed E-state index contributed by atoms with van der Waals surface area (Å²) in [5.41, 5.74) is 0.438. The molecule has 0 atom stereocenters. The molecule has 0 aliphatic rings. The number of hydrogen-bond donors (Lipinski definition) is 0. The van der Waals surface area contributed by atoms with E-state index in [9.17, 15) is 13.2 Å². The lowest BCUT2D eigenvalue weighted by Gasteiger charge is -2.03. The number of ketones is 1. The van der Waals surface area contributed by atoms with Gasteiger partial charge in [0.15, 0.2) is 15.6 Å². The highest BCUT2D eigenvalue weighted by molar-refractivity contribution is 7.90. The number of nitrogens with zero attached hydrogens (tertiary/aromatic N) is 1. The molecule has 78 valence electrons. The lowest BCUT2D eigenvalue weighted by molar-refractivity contribution is 0.0979. The Hall–Kier alpha value is -1.10. The van der Waals surface area contributed by atoms with Crippen molar-refractivity contribution in [1.82, 2.24) is 4.57 Å². The van der Waals surface area contributed by atoms with Gasteiger partial charge in [-0.25, -0.2) is 8.42 Å². The predicted molar refractivity (Wildman–Crippen MR) is 53.1 cm³/mol. The predicted octanol–water partition coefficient (Wildman–Crippen LogP) is 1.02. The van der Waals surface area contributed by atoms with E-state index in [1.54, 1.807) is 20.0 Å². The van der Waals surface area contributed by atoms with Crippen molar-refractivity contribution in [2.24, 2.45) is 7.05 Å². The van der Waals surface area contributed by atoms with E-state index in [1.807, 2.05) is 0 Å². The summed E-state index contributed by atoms with van der Waals surface area (Å²) < 4.78 is 23.9. The molecule has 0 aliphatic heterocycles. The fourth-order valence-corrected chi connectivity index (χ4v) is 2.24. The molecule has 0 spiro atoms. The van der Waals surface area contributed by atoms with Crippen molar-refractivity contribution >= 4 is 15.6 Å². The van der Waals surface area contributed by atoms with Gasteiger partial charge in [0.05, 0.1) is 5.69 Å². The molecule has 0 aliphatic carbocycles. The summed E-state index contributed by atoms with van der Waals surface area (Å²) in [5, 5.41) is 0.175. The van der Waals surface area contributed by atoms with Crippen molar-refractivity contribution in [2.75, 3.05) is 6.26 Å². The van der Waals surface area contributed by atoms with Crippen molar-refractivity contribution in [2.45, 2.75) is 18.4 Å². The molecule has 0 bridgehead atoms. The third-order valence-corrected chi connectivity index (χ3v) is 3.23. The Morgan fingerprint density at radius 3 is 2.36 bits per heavy atom. The lowest BCUT2D eigenvalue weighted by atomic mass is 10.2. The van der Waals surface area contributed by atoms with Gasteiger partial charge in [0.1, 0.15) is 5.03 Å².